The molecular formula is C23H35N3O3. The number of rotatable bonds is 7. The minimum absolute atomic E-state index is 0.0369. The molecule has 3 aliphatic heterocycles. The Morgan fingerprint density at radius 1 is 1.10 bits per heavy atom. The molecule has 0 saturated carbocycles. The number of phenolic OH excluding ortho intramolecular Hbond substituents is 1. The maximum atomic E-state index is 12.9. The van der Waals surface area contributed by atoms with E-state index < -0.39 is 0 Å². The highest BCUT2D eigenvalue weighted by molar-refractivity contribution is 5.79. The Kier molecular flexibility index (Phi) is 7.06. The lowest BCUT2D eigenvalue weighted by atomic mass is 9.87. The predicted octanol–water partition coefficient (Wildman–Crippen LogP) is 2.22. The van der Waals surface area contributed by atoms with E-state index in [1.54, 1.807) is 12.1 Å². The first-order valence-corrected chi connectivity index (χ1v) is 11.3. The minimum atomic E-state index is 0.0369. The van der Waals surface area contributed by atoms with Gasteiger partial charge in [0.25, 0.3) is 0 Å². The van der Waals surface area contributed by atoms with Gasteiger partial charge in [-0.3, -0.25) is 9.69 Å². The van der Waals surface area contributed by atoms with Crippen LogP contribution in [0.15, 0.2) is 24.3 Å². The number of likely N-dealkylation sites (tertiary alicyclic amines) is 2. The Bertz CT molecular complexity index is 654. The van der Waals surface area contributed by atoms with Crippen LogP contribution in [0.25, 0.3) is 0 Å². The molecule has 160 valence electrons. The van der Waals surface area contributed by atoms with Gasteiger partial charge in [0.2, 0.25) is 5.91 Å². The monoisotopic (exact) mass is 401 g/mol. The molecule has 1 aromatic rings. The van der Waals surface area contributed by atoms with Crippen LogP contribution < -0.4 is 5.32 Å². The fourth-order valence-electron chi connectivity index (χ4n) is 5.11. The maximum Gasteiger partial charge on any atom is 0.224 e. The summed E-state index contributed by atoms with van der Waals surface area (Å²) in [4.78, 5) is 17.9. The Labute approximate surface area is 174 Å². The standard InChI is InChI=1S/C23H35N3O3/c27-21-7-5-18(6-8-21)14-26-16-19(15-25-9-1-2-10-25)12-20(17-26)23(28)24-13-22-4-3-11-29-22/h5-8,19-20,22,27H,1-4,9-17H2,(H,24,28)/t19-,20-,22?/m1/s1. The van der Waals surface area contributed by atoms with Crippen molar-refractivity contribution in [3.63, 3.8) is 0 Å². The quantitative estimate of drug-likeness (QED) is 0.734. The molecule has 3 aliphatic rings. The number of nitrogens with zero attached hydrogens (tertiary/aromatic N) is 2. The molecule has 0 spiro atoms. The Balaban J connectivity index is 1.37. The first-order valence-electron chi connectivity index (χ1n) is 11.3. The van der Waals surface area contributed by atoms with Gasteiger partial charge in [-0.15, -0.1) is 0 Å². The molecule has 3 atom stereocenters. The summed E-state index contributed by atoms with van der Waals surface area (Å²) < 4.78 is 5.66. The van der Waals surface area contributed by atoms with Crippen molar-refractivity contribution < 1.29 is 14.6 Å². The number of nitrogens with one attached hydrogen (secondary N) is 1. The van der Waals surface area contributed by atoms with Crippen LogP contribution in [0.1, 0.15) is 37.7 Å². The van der Waals surface area contributed by atoms with Crippen molar-refractivity contribution >= 4 is 5.91 Å². The zero-order valence-electron chi connectivity index (χ0n) is 17.4. The molecule has 2 N–H and O–H groups in total. The second kappa shape index (κ2) is 9.92. The van der Waals surface area contributed by atoms with Crippen molar-refractivity contribution in [2.24, 2.45) is 11.8 Å². The molecule has 1 aromatic carbocycles. The van der Waals surface area contributed by atoms with E-state index in [0.29, 0.717) is 18.2 Å². The van der Waals surface area contributed by atoms with Gasteiger partial charge in [-0.1, -0.05) is 12.1 Å². The molecule has 0 radical (unpaired) electrons. The van der Waals surface area contributed by atoms with Crippen LogP contribution in [0.3, 0.4) is 0 Å². The van der Waals surface area contributed by atoms with Gasteiger partial charge >= 0.3 is 0 Å². The lowest BCUT2D eigenvalue weighted by Crippen LogP contribution is -2.49. The van der Waals surface area contributed by atoms with E-state index in [1.165, 1.54) is 31.5 Å². The van der Waals surface area contributed by atoms with E-state index in [0.717, 1.165) is 52.0 Å². The van der Waals surface area contributed by atoms with Crippen molar-refractivity contribution in [2.75, 3.05) is 45.9 Å². The molecule has 6 heteroatoms. The number of phenols is 1. The van der Waals surface area contributed by atoms with Crippen LogP contribution in [-0.4, -0.2) is 72.8 Å². The molecule has 0 aromatic heterocycles. The molecule has 0 aliphatic carbocycles. The maximum absolute atomic E-state index is 12.9. The zero-order valence-corrected chi connectivity index (χ0v) is 17.4. The van der Waals surface area contributed by atoms with E-state index in [1.807, 2.05) is 12.1 Å². The van der Waals surface area contributed by atoms with Crippen molar-refractivity contribution in [1.29, 1.82) is 0 Å². The smallest absolute Gasteiger partial charge is 0.224 e. The lowest BCUT2D eigenvalue weighted by Gasteiger charge is -2.38. The summed E-state index contributed by atoms with van der Waals surface area (Å²) in [6, 6.07) is 7.44. The second-order valence-electron chi connectivity index (χ2n) is 9.05. The number of hydrogen-bond acceptors (Lipinski definition) is 5. The van der Waals surface area contributed by atoms with Gasteiger partial charge in [-0.2, -0.15) is 0 Å². The average Bonchev–Trinajstić information content (AvgIpc) is 3.42. The van der Waals surface area contributed by atoms with Crippen molar-refractivity contribution in [2.45, 2.75) is 44.8 Å². The molecule has 3 fully saturated rings. The fourth-order valence-corrected chi connectivity index (χ4v) is 5.11. The van der Waals surface area contributed by atoms with Gasteiger partial charge in [0.15, 0.2) is 0 Å². The number of ether oxygens (including phenoxy) is 1. The molecule has 29 heavy (non-hydrogen) atoms. The molecule has 3 heterocycles. The molecule has 1 amide bonds. The summed E-state index contributed by atoms with van der Waals surface area (Å²) in [7, 11) is 0. The van der Waals surface area contributed by atoms with E-state index in [-0.39, 0.29) is 17.9 Å². The number of carbonyl (C=O) groups is 1. The van der Waals surface area contributed by atoms with Gasteiger partial charge in [-0.05, 0) is 68.8 Å². The van der Waals surface area contributed by atoms with Crippen LogP contribution in [0.2, 0.25) is 0 Å². The van der Waals surface area contributed by atoms with Crippen LogP contribution in [0.5, 0.6) is 5.75 Å². The third-order valence-electron chi connectivity index (χ3n) is 6.57. The molecule has 3 saturated heterocycles. The highest BCUT2D eigenvalue weighted by Crippen LogP contribution is 2.26. The summed E-state index contributed by atoms with van der Waals surface area (Å²) in [5.41, 5.74) is 1.18. The predicted molar refractivity (Wildman–Crippen MR) is 113 cm³/mol. The van der Waals surface area contributed by atoms with Crippen LogP contribution >= 0.6 is 0 Å². The van der Waals surface area contributed by atoms with Crippen LogP contribution in [0.4, 0.5) is 0 Å². The van der Waals surface area contributed by atoms with E-state index >= 15 is 0 Å². The van der Waals surface area contributed by atoms with Crippen molar-refractivity contribution in [1.82, 2.24) is 15.1 Å². The van der Waals surface area contributed by atoms with Crippen molar-refractivity contribution in [3.8, 4) is 5.75 Å². The van der Waals surface area contributed by atoms with E-state index in [9.17, 15) is 9.90 Å². The normalized spacial score (nSPS) is 28.6. The van der Waals surface area contributed by atoms with Gasteiger partial charge in [0.05, 0.1) is 12.0 Å². The van der Waals surface area contributed by atoms with Crippen LogP contribution in [-0.2, 0) is 16.1 Å². The lowest BCUT2D eigenvalue weighted by molar-refractivity contribution is -0.128. The molecule has 0 bridgehead atoms. The third kappa shape index (κ3) is 5.93. The topological polar surface area (TPSA) is 65.0 Å². The first-order chi connectivity index (χ1) is 14.2. The highest BCUT2D eigenvalue weighted by Gasteiger charge is 2.33. The Morgan fingerprint density at radius 3 is 2.62 bits per heavy atom. The average molecular weight is 402 g/mol. The summed E-state index contributed by atoms with van der Waals surface area (Å²) >= 11 is 0. The SMILES string of the molecule is O=C(NCC1CCCO1)[C@@H]1C[C@H](CN2CCCC2)CN(Cc2ccc(O)cc2)C1. The number of amides is 1. The van der Waals surface area contributed by atoms with Crippen molar-refractivity contribution in [3.05, 3.63) is 29.8 Å². The number of benzene rings is 1. The number of carbonyl (C=O) groups excluding carboxylic acids is 1. The minimum Gasteiger partial charge on any atom is -0.508 e. The molecule has 1 unspecified atom stereocenters. The van der Waals surface area contributed by atoms with Gasteiger partial charge in [-0.25, -0.2) is 0 Å². The summed E-state index contributed by atoms with van der Waals surface area (Å²) in [6.45, 7) is 7.62. The largest absolute Gasteiger partial charge is 0.508 e. The highest BCUT2D eigenvalue weighted by atomic mass is 16.5. The third-order valence-corrected chi connectivity index (χ3v) is 6.57. The summed E-state index contributed by atoms with van der Waals surface area (Å²) in [5, 5.41) is 12.7. The van der Waals surface area contributed by atoms with Gasteiger partial charge < -0.3 is 20.1 Å². The Hall–Kier alpha value is -1.63. The fraction of sp³-hybridized carbons (Fsp3) is 0.696. The van der Waals surface area contributed by atoms with Crippen LogP contribution in [0, 0.1) is 11.8 Å². The summed E-state index contributed by atoms with van der Waals surface area (Å²) in [5.74, 6) is 1.04. The number of hydrogen-bond donors (Lipinski definition) is 2. The van der Waals surface area contributed by atoms with Gasteiger partial charge in [0, 0.05) is 39.3 Å². The number of aromatic hydroxyl groups is 1. The molecule has 6 nitrogen and oxygen atoms in total. The summed E-state index contributed by atoms with van der Waals surface area (Å²) in [6.07, 6.45) is 5.92. The first kappa shape index (κ1) is 20.6. The molecule has 4 rings (SSSR count). The Morgan fingerprint density at radius 2 is 1.90 bits per heavy atom. The zero-order chi connectivity index (χ0) is 20.1. The number of piperidine rings is 1. The second-order valence-corrected chi connectivity index (χ2v) is 9.05. The van der Waals surface area contributed by atoms with E-state index in [2.05, 4.69) is 15.1 Å². The van der Waals surface area contributed by atoms with Gasteiger partial charge in [0.1, 0.15) is 5.75 Å². The molecular weight excluding hydrogens is 366 g/mol. The van der Waals surface area contributed by atoms with E-state index in [4.69, 9.17) is 4.74 Å².